The summed E-state index contributed by atoms with van der Waals surface area (Å²) in [5.41, 5.74) is 1.74. The smallest absolute Gasteiger partial charge is 0.340 e. The summed E-state index contributed by atoms with van der Waals surface area (Å²) in [5.74, 6) is 0.710. The molecule has 28 heavy (non-hydrogen) atoms. The number of halogens is 1. The molecule has 3 aromatic rings. The Balaban J connectivity index is 1.84. The highest BCUT2D eigenvalue weighted by Crippen LogP contribution is 2.33. The van der Waals surface area contributed by atoms with Gasteiger partial charge in [0.15, 0.2) is 11.5 Å². The zero-order valence-corrected chi connectivity index (χ0v) is 16.6. The quantitative estimate of drug-likeness (QED) is 0.638. The van der Waals surface area contributed by atoms with E-state index in [2.05, 4.69) is 5.32 Å². The zero-order valence-electron chi connectivity index (χ0n) is 15.8. The Bertz CT molecular complexity index is 1070. The van der Waals surface area contributed by atoms with Gasteiger partial charge in [0.1, 0.15) is 5.58 Å². The number of amides is 1. The van der Waals surface area contributed by atoms with Gasteiger partial charge < -0.3 is 19.2 Å². The summed E-state index contributed by atoms with van der Waals surface area (Å²) in [6, 6.07) is 10.5. The van der Waals surface area contributed by atoms with Crippen LogP contribution in [0.25, 0.3) is 11.0 Å². The van der Waals surface area contributed by atoms with E-state index in [0.29, 0.717) is 45.2 Å². The second-order valence-electron chi connectivity index (χ2n) is 6.28. The molecule has 0 unspecified atom stereocenters. The van der Waals surface area contributed by atoms with Crippen molar-refractivity contribution >= 4 is 28.5 Å². The highest BCUT2D eigenvalue weighted by atomic mass is 35.5. The predicted molar refractivity (Wildman–Crippen MR) is 107 cm³/mol. The normalized spacial score (nSPS) is 10.7. The first-order valence-corrected chi connectivity index (χ1v) is 9.00. The van der Waals surface area contributed by atoms with E-state index < -0.39 is 5.63 Å². The molecule has 0 radical (unpaired) electrons. The van der Waals surface area contributed by atoms with Gasteiger partial charge >= 0.3 is 5.63 Å². The predicted octanol–water partition coefficient (Wildman–Crippen LogP) is 3.63. The maximum atomic E-state index is 12.4. The van der Waals surface area contributed by atoms with Crippen LogP contribution in [0.4, 0.5) is 0 Å². The number of hydrogen-bond donors (Lipinski definition) is 1. The van der Waals surface area contributed by atoms with Gasteiger partial charge in [-0.3, -0.25) is 4.79 Å². The third-order valence-corrected chi connectivity index (χ3v) is 4.78. The molecule has 3 rings (SSSR count). The van der Waals surface area contributed by atoms with Gasteiger partial charge in [-0.25, -0.2) is 4.79 Å². The first kappa shape index (κ1) is 19.8. The van der Waals surface area contributed by atoms with Crippen LogP contribution in [0.1, 0.15) is 16.7 Å². The Morgan fingerprint density at radius 1 is 1.11 bits per heavy atom. The van der Waals surface area contributed by atoms with Gasteiger partial charge in [0, 0.05) is 23.0 Å². The Morgan fingerprint density at radius 2 is 1.75 bits per heavy atom. The van der Waals surface area contributed by atoms with Crippen molar-refractivity contribution < 1.29 is 18.7 Å². The van der Waals surface area contributed by atoms with Gasteiger partial charge in [-0.1, -0.05) is 23.7 Å². The van der Waals surface area contributed by atoms with E-state index in [1.54, 1.807) is 31.2 Å². The van der Waals surface area contributed by atoms with Crippen LogP contribution in [0.3, 0.4) is 0 Å². The van der Waals surface area contributed by atoms with Gasteiger partial charge in [0.05, 0.1) is 26.2 Å². The Labute approximate surface area is 167 Å². The number of aryl methyl sites for hydroxylation is 1. The van der Waals surface area contributed by atoms with E-state index in [9.17, 15) is 9.59 Å². The van der Waals surface area contributed by atoms with Crippen LogP contribution in [0, 0.1) is 6.92 Å². The van der Waals surface area contributed by atoms with E-state index in [-0.39, 0.29) is 12.3 Å². The lowest BCUT2D eigenvalue weighted by Crippen LogP contribution is -2.27. The van der Waals surface area contributed by atoms with Gasteiger partial charge in [-0.2, -0.15) is 0 Å². The van der Waals surface area contributed by atoms with Crippen molar-refractivity contribution in [3.8, 4) is 11.5 Å². The molecule has 0 atom stereocenters. The molecule has 1 aromatic heterocycles. The summed E-state index contributed by atoms with van der Waals surface area (Å²) >= 11 is 5.86. The maximum Gasteiger partial charge on any atom is 0.340 e. The molecule has 6 nitrogen and oxygen atoms in total. The van der Waals surface area contributed by atoms with E-state index in [4.69, 9.17) is 25.5 Å². The lowest BCUT2D eigenvalue weighted by atomic mass is 10.0. The molecule has 0 aliphatic heterocycles. The molecule has 1 N–H and O–H groups in total. The molecule has 7 heteroatoms. The Kier molecular flexibility index (Phi) is 5.90. The second kappa shape index (κ2) is 8.35. The molecule has 1 amide bonds. The minimum absolute atomic E-state index is 0.0773. The number of rotatable bonds is 6. The summed E-state index contributed by atoms with van der Waals surface area (Å²) < 4.78 is 16.0. The van der Waals surface area contributed by atoms with E-state index in [1.165, 1.54) is 14.2 Å². The molecular weight excluding hydrogens is 382 g/mol. The third-order valence-electron chi connectivity index (χ3n) is 4.53. The van der Waals surface area contributed by atoms with Crippen molar-refractivity contribution in [2.75, 3.05) is 14.2 Å². The van der Waals surface area contributed by atoms with Crippen LogP contribution in [0.2, 0.25) is 5.02 Å². The van der Waals surface area contributed by atoms with E-state index in [1.807, 2.05) is 12.1 Å². The molecule has 0 aliphatic rings. The largest absolute Gasteiger partial charge is 0.493 e. The fourth-order valence-electron chi connectivity index (χ4n) is 2.95. The average molecular weight is 402 g/mol. The van der Waals surface area contributed by atoms with Crippen molar-refractivity contribution in [1.29, 1.82) is 0 Å². The van der Waals surface area contributed by atoms with Crippen molar-refractivity contribution in [3.05, 3.63) is 68.5 Å². The molecule has 0 bridgehead atoms. The first-order chi connectivity index (χ1) is 13.4. The van der Waals surface area contributed by atoms with Crippen LogP contribution in [-0.2, 0) is 17.8 Å². The minimum Gasteiger partial charge on any atom is -0.493 e. The zero-order chi connectivity index (χ0) is 20.3. The summed E-state index contributed by atoms with van der Waals surface area (Å²) in [6.07, 6.45) is -0.0773. The number of carbonyl (C=O) groups excluding carboxylic acids is 1. The number of hydrogen-bond acceptors (Lipinski definition) is 5. The molecule has 0 saturated heterocycles. The fourth-order valence-corrected chi connectivity index (χ4v) is 3.07. The standard InChI is InChI=1S/C21H20ClNO5/c1-12-15-8-18(26-2)19(27-3)10-17(15)28-21(25)16(12)9-20(24)23-11-13-4-6-14(22)7-5-13/h4-8,10H,9,11H2,1-3H3,(H,23,24). The number of methoxy groups -OCH3 is 2. The van der Waals surface area contributed by atoms with Crippen molar-refractivity contribution in [2.24, 2.45) is 0 Å². The lowest BCUT2D eigenvalue weighted by molar-refractivity contribution is -0.120. The summed E-state index contributed by atoms with van der Waals surface area (Å²) in [7, 11) is 3.04. The van der Waals surface area contributed by atoms with E-state index >= 15 is 0 Å². The monoisotopic (exact) mass is 401 g/mol. The van der Waals surface area contributed by atoms with Crippen molar-refractivity contribution in [1.82, 2.24) is 5.32 Å². The number of fused-ring (bicyclic) bond motifs is 1. The van der Waals surface area contributed by atoms with E-state index in [0.717, 1.165) is 5.56 Å². The highest BCUT2D eigenvalue weighted by Gasteiger charge is 2.17. The van der Waals surface area contributed by atoms with Crippen LogP contribution in [-0.4, -0.2) is 20.1 Å². The molecule has 0 spiro atoms. The van der Waals surface area contributed by atoms with Gasteiger partial charge in [-0.15, -0.1) is 0 Å². The summed E-state index contributed by atoms with van der Waals surface area (Å²) in [4.78, 5) is 24.8. The Morgan fingerprint density at radius 3 is 2.39 bits per heavy atom. The highest BCUT2D eigenvalue weighted by molar-refractivity contribution is 6.30. The molecule has 0 saturated carbocycles. The van der Waals surface area contributed by atoms with Gasteiger partial charge in [0.2, 0.25) is 5.91 Å². The summed E-state index contributed by atoms with van der Waals surface area (Å²) in [6.45, 7) is 2.13. The molecule has 2 aromatic carbocycles. The molecule has 0 fully saturated rings. The SMILES string of the molecule is COc1cc2oc(=O)c(CC(=O)NCc3ccc(Cl)cc3)c(C)c2cc1OC. The van der Waals surface area contributed by atoms with Crippen LogP contribution >= 0.6 is 11.6 Å². The lowest BCUT2D eigenvalue weighted by Gasteiger charge is -2.12. The minimum atomic E-state index is -0.543. The molecule has 0 aliphatic carbocycles. The fraction of sp³-hybridized carbons (Fsp3) is 0.238. The number of benzene rings is 2. The molecular formula is C21H20ClNO5. The average Bonchev–Trinajstić information content (AvgIpc) is 2.69. The van der Waals surface area contributed by atoms with Crippen molar-refractivity contribution in [3.63, 3.8) is 0 Å². The first-order valence-electron chi connectivity index (χ1n) is 8.62. The third kappa shape index (κ3) is 4.12. The van der Waals surface area contributed by atoms with Crippen LogP contribution in [0.15, 0.2) is 45.6 Å². The second-order valence-corrected chi connectivity index (χ2v) is 6.71. The van der Waals surface area contributed by atoms with Crippen molar-refractivity contribution in [2.45, 2.75) is 19.9 Å². The number of nitrogens with one attached hydrogen (secondary N) is 1. The van der Waals surface area contributed by atoms with Gasteiger partial charge in [0.25, 0.3) is 0 Å². The van der Waals surface area contributed by atoms with Crippen LogP contribution < -0.4 is 20.4 Å². The molecule has 146 valence electrons. The van der Waals surface area contributed by atoms with Gasteiger partial charge in [-0.05, 0) is 36.2 Å². The summed E-state index contributed by atoms with van der Waals surface area (Å²) in [5, 5.41) is 4.13. The van der Waals surface area contributed by atoms with Crippen LogP contribution in [0.5, 0.6) is 11.5 Å². The Hall–Kier alpha value is -2.99. The topological polar surface area (TPSA) is 77.8 Å². The number of ether oxygens (including phenoxy) is 2. The number of carbonyl (C=O) groups is 1. The molecule has 1 heterocycles. The maximum absolute atomic E-state index is 12.4.